The van der Waals surface area contributed by atoms with E-state index in [1.807, 2.05) is 31.4 Å². The van der Waals surface area contributed by atoms with Crippen LogP contribution in [0.5, 0.6) is 0 Å². The molecule has 0 aliphatic heterocycles. The second kappa shape index (κ2) is 4.70. The molecule has 0 aliphatic rings. The van der Waals surface area contributed by atoms with Crippen LogP contribution in [0.15, 0.2) is 18.5 Å². The number of pyridine rings is 1. The molecule has 1 aromatic rings. The van der Waals surface area contributed by atoms with E-state index in [1.54, 1.807) is 0 Å². The third-order valence-corrected chi connectivity index (χ3v) is 1.82. The summed E-state index contributed by atoms with van der Waals surface area (Å²) in [5.74, 6) is 0. The molecule has 0 spiro atoms. The van der Waals surface area contributed by atoms with Gasteiger partial charge < -0.3 is 10.2 Å². The van der Waals surface area contributed by atoms with Crippen LogP contribution in [0.4, 0.5) is 11.4 Å². The Morgan fingerprint density at radius 1 is 1.38 bits per heavy atom. The number of nitrogens with zero attached hydrogens (tertiary/aromatic N) is 2. The van der Waals surface area contributed by atoms with Crippen molar-refractivity contribution in [1.29, 1.82) is 0 Å². The average Bonchev–Trinajstić information content (AvgIpc) is 2.15. The highest BCUT2D eigenvalue weighted by molar-refractivity contribution is 5.54. The fourth-order valence-electron chi connectivity index (χ4n) is 1.04. The summed E-state index contributed by atoms with van der Waals surface area (Å²) in [6.07, 6.45) is 4.84. The molecule has 0 atom stereocenters. The summed E-state index contributed by atoms with van der Waals surface area (Å²) in [5.41, 5.74) is 2.22. The first-order chi connectivity index (χ1) is 6.24. The van der Waals surface area contributed by atoms with E-state index in [2.05, 4.69) is 23.3 Å². The van der Waals surface area contributed by atoms with Crippen molar-refractivity contribution in [3.63, 3.8) is 0 Å². The van der Waals surface area contributed by atoms with Crippen molar-refractivity contribution < 1.29 is 0 Å². The summed E-state index contributed by atoms with van der Waals surface area (Å²) in [6.45, 7) is 3.15. The topological polar surface area (TPSA) is 28.2 Å². The molecule has 0 fully saturated rings. The van der Waals surface area contributed by atoms with Crippen molar-refractivity contribution in [2.24, 2.45) is 0 Å². The predicted molar refractivity (Wildman–Crippen MR) is 57.3 cm³/mol. The second-order valence-corrected chi connectivity index (χ2v) is 3.25. The Labute approximate surface area is 79.8 Å². The fourth-order valence-corrected chi connectivity index (χ4v) is 1.04. The van der Waals surface area contributed by atoms with Gasteiger partial charge in [0.15, 0.2) is 0 Å². The summed E-state index contributed by atoms with van der Waals surface area (Å²) in [6, 6.07) is 2.10. The quantitative estimate of drug-likeness (QED) is 0.766. The lowest BCUT2D eigenvalue weighted by atomic mass is 10.3. The highest BCUT2D eigenvalue weighted by Gasteiger charge is 1.96. The van der Waals surface area contributed by atoms with E-state index in [9.17, 15) is 0 Å². The van der Waals surface area contributed by atoms with Crippen LogP contribution in [-0.4, -0.2) is 25.6 Å². The van der Waals surface area contributed by atoms with Crippen LogP contribution in [0.3, 0.4) is 0 Å². The molecular formula is C10H17N3. The standard InChI is InChI=1S/C10H17N3/c1-4-5-12-9-6-10(13(2)3)8-11-7-9/h6-8,12H,4-5H2,1-3H3. The summed E-state index contributed by atoms with van der Waals surface area (Å²) in [5, 5.41) is 3.30. The summed E-state index contributed by atoms with van der Waals surface area (Å²) < 4.78 is 0. The van der Waals surface area contributed by atoms with Crippen molar-refractivity contribution in [3.05, 3.63) is 18.5 Å². The van der Waals surface area contributed by atoms with Crippen molar-refractivity contribution >= 4 is 11.4 Å². The Morgan fingerprint density at radius 2 is 2.15 bits per heavy atom. The van der Waals surface area contributed by atoms with Gasteiger partial charge in [-0.3, -0.25) is 4.98 Å². The number of aromatic nitrogens is 1. The van der Waals surface area contributed by atoms with Crippen LogP contribution in [0.2, 0.25) is 0 Å². The molecule has 0 unspecified atom stereocenters. The second-order valence-electron chi connectivity index (χ2n) is 3.25. The van der Waals surface area contributed by atoms with Gasteiger partial charge in [0.1, 0.15) is 0 Å². The first-order valence-corrected chi connectivity index (χ1v) is 4.60. The van der Waals surface area contributed by atoms with Crippen LogP contribution >= 0.6 is 0 Å². The Hall–Kier alpha value is -1.25. The Bertz CT molecular complexity index is 258. The minimum absolute atomic E-state index is 0.999. The van der Waals surface area contributed by atoms with Crippen LogP contribution in [0.1, 0.15) is 13.3 Å². The first-order valence-electron chi connectivity index (χ1n) is 4.60. The van der Waals surface area contributed by atoms with Crippen LogP contribution < -0.4 is 10.2 Å². The van der Waals surface area contributed by atoms with Gasteiger partial charge in [-0.2, -0.15) is 0 Å². The van der Waals surface area contributed by atoms with E-state index >= 15 is 0 Å². The molecule has 3 nitrogen and oxygen atoms in total. The zero-order valence-electron chi connectivity index (χ0n) is 8.54. The third kappa shape index (κ3) is 2.93. The maximum atomic E-state index is 4.15. The van der Waals surface area contributed by atoms with E-state index in [1.165, 1.54) is 0 Å². The number of nitrogens with one attached hydrogen (secondary N) is 1. The number of rotatable bonds is 4. The van der Waals surface area contributed by atoms with Crippen LogP contribution in [0, 0.1) is 0 Å². The monoisotopic (exact) mass is 179 g/mol. The molecule has 72 valence electrons. The van der Waals surface area contributed by atoms with E-state index in [4.69, 9.17) is 0 Å². The van der Waals surface area contributed by atoms with Gasteiger partial charge in [0.05, 0.1) is 23.8 Å². The predicted octanol–water partition coefficient (Wildman–Crippen LogP) is 1.97. The smallest absolute Gasteiger partial charge is 0.0568 e. The zero-order valence-corrected chi connectivity index (χ0v) is 8.54. The maximum Gasteiger partial charge on any atom is 0.0568 e. The summed E-state index contributed by atoms with van der Waals surface area (Å²) in [7, 11) is 4.03. The van der Waals surface area contributed by atoms with Crippen molar-refractivity contribution in [3.8, 4) is 0 Å². The van der Waals surface area contributed by atoms with Gasteiger partial charge in [-0.15, -0.1) is 0 Å². The number of hydrogen-bond acceptors (Lipinski definition) is 3. The molecule has 0 amide bonds. The molecule has 0 aliphatic carbocycles. The molecule has 0 saturated carbocycles. The highest BCUT2D eigenvalue weighted by atomic mass is 15.1. The minimum Gasteiger partial charge on any atom is -0.384 e. The Morgan fingerprint density at radius 3 is 2.77 bits per heavy atom. The largest absolute Gasteiger partial charge is 0.384 e. The van der Waals surface area contributed by atoms with E-state index < -0.39 is 0 Å². The van der Waals surface area contributed by atoms with E-state index in [-0.39, 0.29) is 0 Å². The van der Waals surface area contributed by atoms with E-state index in [0.717, 1.165) is 24.3 Å². The molecule has 13 heavy (non-hydrogen) atoms. The minimum atomic E-state index is 0.999. The SMILES string of the molecule is CCCNc1cncc(N(C)C)c1. The lowest BCUT2D eigenvalue weighted by Gasteiger charge is -2.13. The Kier molecular flexibility index (Phi) is 3.55. The van der Waals surface area contributed by atoms with Gasteiger partial charge in [-0.05, 0) is 12.5 Å². The summed E-state index contributed by atoms with van der Waals surface area (Å²) in [4.78, 5) is 6.20. The van der Waals surface area contributed by atoms with Gasteiger partial charge >= 0.3 is 0 Å². The molecule has 3 heteroatoms. The molecule has 1 rings (SSSR count). The molecule has 1 heterocycles. The third-order valence-electron chi connectivity index (χ3n) is 1.82. The van der Waals surface area contributed by atoms with Crippen LogP contribution in [-0.2, 0) is 0 Å². The van der Waals surface area contributed by atoms with E-state index in [0.29, 0.717) is 0 Å². The first kappa shape index (κ1) is 9.84. The molecule has 1 N–H and O–H groups in total. The molecule has 0 aromatic carbocycles. The normalized spacial score (nSPS) is 9.77. The number of anilines is 2. The molecule has 0 bridgehead atoms. The molecule has 0 radical (unpaired) electrons. The lowest BCUT2D eigenvalue weighted by Crippen LogP contribution is -2.09. The van der Waals surface area contributed by atoms with Gasteiger partial charge in [0.25, 0.3) is 0 Å². The molecular weight excluding hydrogens is 162 g/mol. The van der Waals surface area contributed by atoms with Crippen LogP contribution in [0.25, 0.3) is 0 Å². The van der Waals surface area contributed by atoms with Crippen molar-refractivity contribution in [2.75, 3.05) is 30.9 Å². The molecule has 0 saturated heterocycles. The lowest BCUT2D eigenvalue weighted by molar-refractivity contribution is 0.976. The van der Waals surface area contributed by atoms with Gasteiger partial charge in [-0.1, -0.05) is 6.92 Å². The maximum absolute atomic E-state index is 4.15. The van der Waals surface area contributed by atoms with Crippen molar-refractivity contribution in [1.82, 2.24) is 4.98 Å². The summed E-state index contributed by atoms with van der Waals surface area (Å²) >= 11 is 0. The van der Waals surface area contributed by atoms with Crippen molar-refractivity contribution in [2.45, 2.75) is 13.3 Å². The number of hydrogen-bond donors (Lipinski definition) is 1. The van der Waals surface area contributed by atoms with Gasteiger partial charge in [0.2, 0.25) is 0 Å². The zero-order chi connectivity index (χ0) is 9.68. The van der Waals surface area contributed by atoms with Gasteiger partial charge in [-0.25, -0.2) is 0 Å². The molecule has 1 aromatic heterocycles. The highest BCUT2D eigenvalue weighted by Crippen LogP contribution is 2.14. The Balaban J connectivity index is 2.68. The fraction of sp³-hybridized carbons (Fsp3) is 0.500. The average molecular weight is 179 g/mol. The van der Waals surface area contributed by atoms with Gasteiger partial charge in [0, 0.05) is 20.6 Å².